The van der Waals surface area contributed by atoms with Crippen LogP contribution in [0.15, 0.2) is 34.2 Å². The minimum atomic E-state index is 0.383. The van der Waals surface area contributed by atoms with E-state index in [0.717, 1.165) is 33.1 Å². The first-order chi connectivity index (χ1) is 10.2. The molecule has 106 valence electrons. The zero-order valence-corrected chi connectivity index (χ0v) is 12.6. The van der Waals surface area contributed by atoms with Crippen molar-refractivity contribution in [1.29, 1.82) is 5.26 Å². The van der Waals surface area contributed by atoms with Crippen LogP contribution < -0.4 is 0 Å². The van der Waals surface area contributed by atoms with Gasteiger partial charge in [0.25, 0.3) is 0 Å². The maximum absolute atomic E-state index is 8.77. The van der Waals surface area contributed by atoms with Crippen LogP contribution >= 0.6 is 11.8 Å². The average molecular weight is 298 g/mol. The van der Waals surface area contributed by atoms with Gasteiger partial charge in [0.2, 0.25) is 0 Å². The molecule has 0 aliphatic rings. The van der Waals surface area contributed by atoms with Gasteiger partial charge in [-0.25, -0.2) is 9.97 Å². The summed E-state index contributed by atoms with van der Waals surface area (Å²) in [6.07, 6.45) is 3.23. The van der Waals surface area contributed by atoms with Crippen molar-refractivity contribution in [1.82, 2.24) is 14.5 Å². The van der Waals surface area contributed by atoms with Gasteiger partial charge >= 0.3 is 0 Å². The molecular weight excluding hydrogens is 284 g/mol. The van der Waals surface area contributed by atoms with Gasteiger partial charge < -0.3 is 8.98 Å². The number of aromatic nitrogens is 3. The van der Waals surface area contributed by atoms with Crippen molar-refractivity contribution in [3.05, 3.63) is 41.7 Å². The Balaban J connectivity index is 2.13. The smallest absolute Gasteiger partial charge is 0.145 e. The zero-order chi connectivity index (χ0) is 14.8. The molecule has 3 aromatic rings. The SMILES string of the molecule is Cc1c(C)n(Cc2ccco2)c2ncnc(SCC#N)c12. The summed E-state index contributed by atoms with van der Waals surface area (Å²) < 4.78 is 7.56. The Kier molecular flexibility index (Phi) is 3.67. The summed E-state index contributed by atoms with van der Waals surface area (Å²) in [5.41, 5.74) is 3.18. The van der Waals surface area contributed by atoms with Crippen molar-refractivity contribution in [2.75, 3.05) is 5.75 Å². The molecule has 0 fully saturated rings. The molecule has 5 nitrogen and oxygen atoms in total. The Morgan fingerprint density at radius 3 is 2.95 bits per heavy atom. The van der Waals surface area contributed by atoms with Gasteiger partial charge in [0.15, 0.2) is 0 Å². The van der Waals surface area contributed by atoms with E-state index in [0.29, 0.717) is 12.3 Å². The predicted molar refractivity (Wildman–Crippen MR) is 81.1 cm³/mol. The van der Waals surface area contributed by atoms with Crippen molar-refractivity contribution in [2.45, 2.75) is 25.4 Å². The van der Waals surface area contributed by atoms with Crippen molar-refractivity contribution in [3.63, 3.8) is 0 Å². The normalized spacial score (nSPS) is 10.9. The van der Waals surface area contributed by atoms with Crippen LogP contribution in [-0.2, 0) is 6.54 Å². The second-order valence-corrected chi connectivity index (χ2v) is 5.66. The third-order valence-electron chi connectivity index (χ3n) is 3.54. The lowest BCUT2D eigenvalue weighted by atomic mass is 10.2. The van der Waals surface area contributed by atoms with Crippen molar-refractivity contribution >= 4 is 22.8 Å². The number of thioether (sulfide) groups is 1. The monoisotopic (exact) mass is 298 g/mol. The average Bonchev–Trinajstić information content (AvgIpc) is 3.09. The number of nitriles is 1. The molecule has 0 radical (unpaired) electrons. The van der Waals surface area contributed by atoms with Gasteiger partial charge in [-0.15, -0.1) is 0 Å². The first-order valence-electron chi connectivity index (χ1n) is 6.55. The number of fused-ring (bicyclic) bond motifs is 1. The van der Waals surface area contributed by atoms with Gasteiger partial charge in [0, 0.05) is 5.69 Å². The molecule has 0 amide bonds. The summed E-state index contributed by atoms with van der Waals surface area (Å²) >= 11 is 1.45. The summed E-state index contributed by atoms with van der Waals surface area (Å²) in [4.78, 5) is 8.75. The molecule has 0 aliphatic carbocycles. The molecule has 0 saturated carbocycles. The minimum Gasteiger partial charge on any atom is -0.467 e. The molecule has 0 aliphatic heterocycles. The van der Waals surface area contributed by atoms with Crippen molar-refractivity contribution < 1.29 is 4.42 Å². The largest absolute Gasteiger partial charge is 0.467 e. The van der Waals surface area contributed by atoms with Crippen LogP contribution in [0.25, 0.3) is 11.0 Å². The molecule has 0 N–H and O–H groups in total. The summed E-state index contributed by atoms with van der Waals surface area (Å²) in [7, 11) is 0. The molecule has 3 heterocycles. The summed E-state index contributed by atoms with van der Waals surface area (Å²) in [5, 5.41) is 10.7. The molecule has 0 aromatic carbocycles. The third kappa shape index (κ3) is 2.41. The highest BCUT2D eigenvalue weighted by Crippen LogP contribution is 2.31. The van der Waals surface area contributed by atoms with E-state index in [1.54, 1.807) is 12.6 Å². The fourth-order valence-corrected chi connectivity index (χ4v) is 3.11. The number of furan rings is 1. The van der Waals surface area contributed by atoms with Crippen molar-refractivity contribution in [3.8, 4) is 6.07 Å². The minimum absolute atomic E-state index is 0.383. The van der Waals surface area contributed by atoms with E-state index >= 15 is 0 Å². The van der Waals surface area contributed by atoms with Crippen LogP contribution in [-0.4, -0.2) is 20.3 Å². The second-order valence-electron chi connectivity index (χ2n) is 4.70. The van der Waals surface area contributed by atoms with E-state index in [9.17, 15) is 0 Å². The van der Waals surface area contributed by atoms with Crippen LogP contribution in [0.5, 0.6) is 0 Å². The van der Waals surface area contributed by atoms with Gasteiger partial charge in [0.05, 0.1) is 30.0 Å². The van der Waals surface area contributed by atoms with Crippen LogP contribution in [0.3, 0.4) is 0 Å². The highest BCUT2D eigenvalue weighted by atomic mass is 32.2. The van der Waals surface area contributed by atoms with Gasteiger partial charge in [-0.05, 0) is 31.5 Å². The molecule has 6 heteroatoms. The number of hydrogen-bond donors (Lipinski definition) is 0. The fraction of sp³-hybridized carbons (Fsp3) is 0.267. The summed E-state index contributed by atoms with van der Waals surface area (Å²) in [6.45, 7) is 4.78. The molecule has 0 unspecified atom stereocenters. The van der Waals surface area contributed by atoms with Gasteiger partial charge in [-0.1, -0.05) is 11.8 Å². The Labute approximate surface area is 126 Å². The Hall–Kier alpha value is -2.26. The number of rotatable bonds is 4. The maximum atomic E-state index is 8.77. The maximum Gasteiger partial charge on any atom is 0.145 e. The first kappa shape index (κ1) is 13.7. The predicted octanol–water partition coefficient (Wildman–Crippen LogP) is 3.31. The van der Waals surface area contributed by atoms with E-state index < -0.39 is 0 Å². The van der Waals surface area contributed by atoms with E-state index in [1.165, 1.54) is 11.8 Å². The molecule has 0 bridgehead atoms. The zero-order valence-electron chi connectivity index (χ0n) is 11.8. The molecule has 3 aromatic heterocycles. The fourth-order valence-electron chi connectivity index (χ4n) is 2.40. The lowest BCUT2D eigenvalue weighted by molar-refractivity contribution is 0.494. The molecule has 0 saturated heterocycles. The molecule has 3 rings (SSSR count). The van der Waals surface area contributed by atoms with Crippen molar-refractivity contribution in [2.24, 2.45) is 0 Å². The Morgan fingerprint density at radius 1 is 1.38 bits per heavy atom. The Bertz CT molecular complexity index is 814. The third-order valence-corrected chi connectivity index (χ3v) is 4.39. The highest BCUT2D eigenvalue weighted by Gasteiger charge is 2.17. The van der Waals surface area contributed by atoms with Crippen LogP contribution in [0.4, 0.5) is 0 Å². The topological polar surface area (TPSA) is 67.6 Å². The first-order valence-corrected chi connectivity index (χ1v) is 7.53. The van der Waals surface area contributed by atoms with E-state index in [1.807, 2.05) is 12.1 Å². The lowest BCUT2D eigenvalue weighted by Crippen LogP contribution is -2.02. The molecule has 21 heavy (non-hydrogen) atoms. The van der Waals surface area contributed by atoms with E-state index in [-0.39, 0.29) is 0 Å². The standard InChI is InChI=1S/C15H14N4OS/c1-10-11(2)19(8-12-4-3-6-20-12)14-13(10)15(18-9-17-14)21-7-5-16/h3-4,6,9H,7-8H2,1-2H3. The summed E-state index contributed by atoms with van der Waals surface area (Å²) in [6, 6.07) is 5.97. The molecular formula is C15H14N4OS. The highest BCUT2D eigenvalue weighted by molar-refractivity contribution is 7.99. The van der Waals surface area contributed by atoms with Crippen LogP contribution in [0.2, 0.25) is 0 Å². The lowest BCUT2D eigenvalue weighted by Gasteiger charge is -2.05. The van der Waals surface area contributed by atoms with Crippen LogP contribution in [0, 0.1) is 25.2 Å². The Morgan fingerprint density at radius 2 is 2.24 bits per heavy atom. The second kappa shape index (κ2) is 5.62. The molecule has 0 atom stereocenters. The number of hydrogen-bond acceptors (Lipinski definition) is 5. The van der Waals surface area contributed by atoms with Gasteiger partial charge in [-0.2, -0.15) is 5.26 Å². The number of aryl methyl sites for hydroxylation is 1. The quantitative estimate of drug-likeness (QED) is 0.546. The van der Waals surface area contributed by atoms with Crippen LogP contribution in [0.1, 0.15) is 17.0 Å². The van der Waals surface area contributed by atoms with Gasteiger partial charge in [-0.3, -0.25) is 0 Å². The van der Waals surface area contributed by atoms with E-state index in [2.05, 4.69) is 34.5 Å². The van der Waals surface area contributed by atoms with E-state index in [4.69, 9.17) is 9.68 Å². The number of nitrogens with zero attached hydrogens (tertiary/aromatic N) is 4. The summed E-state index contributed by atoms with van der Waals surface area (Å²) in [5.74, 6) is 1.27. The van der Waals surface area contributed by atoms with Gasteiger partial charge in [0.1, 0.15) is 22.8 Å². The molecule has 0 spiro atoms.